The summed E-state index contributed by atoms with van der Waals surface area (Å²) in [7, 11) is 0. The fourth-order valence-corrected chi connectivity index (χ4v) is 3.73. The average Bonchev–Trinajstić information content (AvgIpc) is 3.06. The summed E-state index contributed by atoms with van der Waals surface area (Å²) >= 11 is 3.43. The monoisotopic (exact) mass is 463 g/mol. The molecule has 0 saturated heterocycles. The standard InChI is InChI=1S/C24H22BrN3O2/c1-16-10-11-17(2)22(12-16)30-15-23-27-20-8-3-4-9-21(20)28(23)14-24(29)26-19-7-5-6-18(25)13-19/h3-13H,14-15H2,1-2H3,(H,26,29). The first kappa shape index (κ1) is 20.2. The summed E-state index contributed by atoms with van der Waals surface area (Å²) in [5.41, 5.74) is 4.69. The quantitative estimate of drug-likeness (QED) is 0.402. The van der Waals surface area contributed by atoms with Crippen LogP contribution in [-0.2, 0) is 17.9 Å². The molecule has 3 aromatic carbocycles. The molecule has 4 aromatic rings. The van der Waals surface area contributed by atoms with Crippen molar-refractivity contribution in [3.05, 3.63) is 88.2 Å². The highest BCUT2D eigenvalue weighted by molar-refractivity contribution is 9.10. The summed E-state index contributed by atoms with van der Waals surface area (Å²) in [5, 5.41) is 2.94. The van der Waals surface area contributed by atoms with Crippen molar-refractivity contribution < 1.29 is 9.53 Å². The van der Waals surface area contributed by atoms with Crippen LogP contribution in [0.2, 0.25) is 0 Å². The highest BCUT2D eigenvalue weighted by Crippen LogP contribution is 2.22. The molecule has 0 bridgehead atoms. The Bertz CT molecular complexity index is 1220. The lowest BCUT2D eigenvalue weighted by Gasteiger charge is -2.13. The van der Waals surface area contributed by atoms with Crippen LogP contribution in [0.1, 0.15) is 17.0 Å². The molecular formula is C24H22BrN3O2. The fraction of sp³-hybridized carbons (Fsp3) is 0.167. The number of anilines is 1. The zero-order chi connectivity index (χ0) is 21.1. The van der Waals surface area contributed by atoms with Gasteiger partial charge in [-0.05, 0) is 61.4 Å². The topological polar surface area (TPSA) is 56.2 Å². The van der Waals surface area contributed by atoms with Gasteiger partial charge in [0, 0.05) is 10.2 Å². The van der Waals surface area contributed by atoms with Crippen LogP contribution in [0.25, 0.3) is 11.0 Å². The smallest absolute Gasteiger partial charge is 0.244 e. The molecule has 5 nitrogen and oxygen atoms in total. The minimum atomic E-state index is -0.121. The number of nitrogens with zero attached hydrogens (tertiary/aromatic N) is 2. The molecule has 0 spiro atoms. The molecular weight excluding hydrogens is 442 g/mol. The van der Waals surface area contributed by atoms with Gasteiger partial charge in [0.25, 0.3) is 0 Å². The lowest BCUT2D eigenvalue weighted by Crippen LogP contribution is -2.20. The summed E-state index contributed by atoms with van der Waals surface area (Å²) in [6.45, 7) is 4.48. The Kier molecular flexibility index (Phi) is 5.86. The van der Waals surface area contributed by atoms with Gasteiger partial charge in [0.15, 0.2) is 0 Å². The van der Waals surface area contributed by atoms with Crippen molar-refractivity contribution in [2.45, 2.75) is 27.0 Å². The van der Waals surface area contributed by atoms with Gasteiger partial charge in [-0.1, -0.05) is 46.3 Å². The predicted molar refractivity (Wildman–Crippen MR) is 123 cm³/mol. The number of halogens is 1. The van der Waals surface area contributed by atoms with Crippen molar-refractivity contribution in [3.8, 4) is 5.75 Å². The maximum absolute atomic E-state index is 12.7. The van der Waals surface area contributed by atoms with Crippen molar-refractivity contribution in [3.63, 3.8) is 0 Å². The number of carbonyl (C=O) groups excluding carboxylic acids is 1. The van der Waals surface area contributed by atoms with Gasteiger partial charge in [-0.2, -0.15) is 0 Å². The largest absolute Gasteiger partial charge is 0.485 e. The number of hydrogen-bond donors (Lipinski definition) is 1. The normalized spacial score (nSPS) is 10.9. The van der Waals surface area contributed by atoms with E-state index in [-0.39, 0.29) is 19.1 Å². The van der Waals surface area contributed by atoms with Crippen molar-refractivity contribution >= 4 is 38.6 Å². The molecule has 0 aliphatic rings. The van der Waals surface area contributed by atoms with Crippen molar-refractivity contribution in [2.24, 2.45) is 0 Å². The van der Waals surface area contributed by atoms with E-state index in [4.69, 9.17) is 9.72 Å². The average molecular weight is 464 g/mol. The van der Waals surface area contributed by atoms with Gasteiger partial charge in [-0.15, -0.1) is 0 Å². The Morgan fingerprint density at radius 3 is 2.73 bits per heavy atom. The van der Waals surface area contributed by atoms with E-state index >= 15 is 0 Å². The molecule has 1 heterocycles. The second kappa shape index (κ2) is 8.71. The van der Waals surface area contributed by atoms with E-state index in [1.807, 2.05) is 79.1 Å². The van der Waals surface area contributed by atoms with E-state index in [1.54, 1.807) is 0 Å². The number of nitrogens with one attached hydrogen (secondary N) is 1. The summed E-state index contributed by atoms with van der Waals surface area (Å²) in [6, 6.07) is 21.4. The summed E-state index contributed by atoms with van der Waals surface area (Å²) in [5.74, 6) is 1.41. The Balaban J connectivity index is 1.58. The molecule has 4 rings (SSSR count). The number of carbonyl (C=O) groups is 1. The molecule has 0 fully saturated rings. The molecule has 0 unspecified atom stereocenters. The van der Waals surface area contributed by atoms with Gasteiger partial charge in [-0.3, -0.25) is 4.79 Å². The van der Waals surface area contributed by atoms with Gasteiger partial charge in [0.05, 0.1) is 11.0 Å². The number of hydrogen-bond acceptors (Lipinski definition) is 3. The van der Waals surface area contributed by atoms with E-state index in [0.717, 1.165) is 38.1 Å². The molecule has 6 heteroatoms. The number of rotatable bonds is 6. The molecule has 0 atom stereocenters. The minimum absolute atomic E-state index is 0.121. The minimum Gasteiger partial charge on any atom is -0.485 e. The second-order valence-corrected chi connectivity index (χ2v) is 8.13. The van der Waals surface area contributed by atoms with Crippen molar-refractivity contribution in [2.75, 3.05) is 5.32 Å². The summed E-state index contributed by atoms with van der Waals surface area (Å²) in [6.07, 6.45) is 0. The Labute approximate surface area is 183 Å². The number of imidazole rings is 1. The number of amides is 1. The van der Waals surface area contributed by atoms with Gasteiger partial charge in [0.2, 0.25) is 5.91 Å². The number of aryl methyl sites for hydroxylation is 2. The van der Waals surface area contributed by atoms with E-state index in [9.17, 15) is 4.79 Å². The maximum Gasteiger partial charge on any atom is 0.244 e. The molecule has 30 heavy (non-hydrogen) atoms. The number of aromatic nitrogens is 2. The van der Waals surface area contributed by atoms with Crippen LogP contribution in [0.15, 0.2) is 71.2 Å². The Hall–Kier alpha value is -3.12. The Morgan fingerprint density at radius 2 is 1.90 bits per heavy atom. The lowest BCUT2D eigenvalue weighted by molar-refractivity contribution is -0.116. The maximum atomic E-state index is 12.7. The first-order valence-corrected chi connectivity index (χ1v) is 10.5. The van der Waals surface area contributed by atoms with E-state index in [0.29, 0.717) is 5.82 Å². The summed E-state index contributed by atoms with van der Waals surface area (Å²) < 4.78 is 8.89. The van der Waals surface area contributed by atoms with Crippen LogP contribution in [0.5, 0.6) is 5.75 Å². The highest BCUT2D eigenvalue weighted by Gasteiger charge is 2.15. The zero-order valence-electron chi connectivity index (χ0n) is 16.9. The zero-order valence-corrected chi connectivity index (χ0v) is 18.4. The molecule has 1 aromatic heterocycles. The van der Waals surface area contributed by atoms with E-state index in [1.165, 1.54) is 0 Å². The molecule has 0 saturated carbocycles. The molecule has 0 radical (unpaired) electrons. The van der Waals surface area contributed by atoms with Crippen molar-refractivity contribution in [1.82, 2.24) is 9.55 Å². The number of para-hydroxylation sites is 2. The molecule has 0 aliphatic carbocycles. The van der Waals surface area contributed by atoms with Crippen molar-refractivity contribution in [1.29, 1.82) is 0 Å². The summed E-state index contributed by atoms with van der Waals surface area (Å²) in [4.78, 5) is 17.4. The lowest BCUT2D eigenvalue weighted by atomic mass is 10.1. The highest BCUT2D eigenvalue weighted by atomic mass is 79.9. The first-order chi connectivity index (χ1) is 14.5. The van der Waals surface area contributed by atoms with Crippen LogP contribution >= 0.6 is 15.9 Å². The van der Waals surface area contributed by atoms with Gasteiger partial charge in [0.1, 0.15) is 24.7 Å². The molecule has 1 amide bonds. The van der Waals surface area contributed by atoms with E-state index in [2.05, 4.69) is 27.3 Å². The van der Waals surface area contributed by atoms with Crippen LogP contribution < -0.4 is 10.1 Å². The molecule has 152 valence electrons. The number of ether oxygens (including phenoxy) is 1. The van der Waals surface area contributed by atoms with Gasteiger partial charge < -0.3 is 14.6 Å². The van der Waals surface area contributed by atoms with Crippen LogP contribution in [-0.4, -0.2) is 15.5 Å². The van der Waals surface area contributed by atoms with Gasteiger partial charge >= 0.3 is 0 Å². The number of fused-ring (bicyclic) bond motifs is 1. The van der Waals surface area contributed by atoms with Crippen LogP contribution in [0.4, 0.5) is 5.69 Å². The van der Waals surface area contributed by atoms with Crippen LogP contribution in [0.3, 0.4) is 0 Å². The predicted octanol–water partition coefficient (Wildman–Crippen LogP) is 5.63. The third-order valence-electron chi connectivity index (χ3n) is 4.84. The number of benzene rings is 3. The first-order valence-electron chi connectivity index (χ1n) is 9.69. The van der Waals surface area contributed by atoms with Crippen LogP contribution in [0, 0.1) is 13.8 Å². The molecule has 0 aliphatic heterocycles. The SMILES string of the molecule is Cc1ccc(C)c(OCc2nc3ccccc3n2CC(=O)Nc2cccc(Br)c2)c1. The third kappa shape index (κ3) is 4.54. The fourth-order valence-electron chi connectivity index (χ4n) is 3.33. The molecule has 1 N–H and O–H groups in total. The Morgan fingerprint density at radius 1 is 1.07 bits per heavy atom. The van der Waals surface area contributed by atoms with E-state index < -0.39 is 0 Å². The third-order valence-corrected chi connectivity index (χ3v) is 5.34. The van der Waals surface area contributed by atoms with Gasteiger partial charge in [-0.25, -0.2) is 4.98 Å². The second-order valence-electron chi connectivity index (χ2n) is 7.22.